The second-order valence-electron chi connectivity index (χ2n) is 5.22. The van der Waals surface area contributed by atoms with Gasteiger partial charge in [0.15, 0.2) is 11.5 Å². The van der Waals surface area contributed by atoms with Gasteiger partial charge >= 0.3 is 0 Å². The number of hydrogen-bond donors (Lipinski definition) is 3. The summed E-state index contributed by atoms with van der Waals surface area (Å²) in [6, 6.07) is 13.9. The van der Waals surface area contributed by atoms with Crippen molar-refractivity contribution in [1.82, 2.24) is 5.32 Å². The summed E-state index contributed by atoms with van der Waals surface area (Å²) in [5.74, 6) is -0.105. The highest BCUT2D eigenvalue weighted by Crippen LogP contribution is 2.26. The van der Waals surface area contributed by atoms with Gasteiger partial charge in [0.05, 0.1) is 7.11 Å². The summed E-state index contributed by atoms with van der Waals surface area (Å²) in [4.78, 5) is 23.5. The van der Waals surface area contributed by atoms with Gasteiger partial charge in [-0.1, -0.05) is 24.3 Å². The fourth-order valence-electron chi connectivity index (χ4n) is 2.07. The first kappa shape index (κ1) is 18.1. The van der Waals surface area contributed by atoms with Crippen molar-refractivity contribution in [2.45, 2.75) is 6.42 Å². The van der Waals surface area contributed by atoms with Crippen molar-refractivity contribution in [2.24, 2.45) is 0 Å². The molecule has 0 aliphatic rings. The van der Waals surface area contributed by atoms with Gasteiger partial charge in [-0.05, 0) is 35.9 Å². The van der Waals surface area contributed by atoms with Crippen LogP contribution in [0.4, 0.5) is 5.69 Å². The van der Waals surface area contributed by atoms with Crippen LogP contribution in [-0.4, -0.2) is 30.6 Å². The number of ether oxygens (including phenoxy) is 1. The normalized spacial score (nSPS) is 10.4. The van der Waals surface area contributed by atoms with Crippen molar-refractivity contribution in [1.29, 1.82) is 0 Å². The van der Waals surface area contributed by atoms with Gasteiger partial charge in [-0.3, -0.25) is 9.59 Å². The van der Waals surface area contributed by atoms with Gasteiger partial charge in [0.2, 0.25) is 11.8 Å². The predicted octanol–water partition coefficient (Wildman–Crippen LogP) is 2.56. The van der Waals surface area contributed by atoms with E-state index < -0.39 is 0 Å². The number of benzene rings is 2. The molecule has 0 unspecified atom stereocenters. The van der Waals surface area contributed by atoms with E-state index in [4.69, 9.17) is 4.74 Å². The number of para-hydroxylation sites is 1. The number of hydrogen-bond acceptors (Lipinski definition) is 4. The van der Waals surface area contributed by atoms with Gasteiger partial charge in [0.25, 0.3) is 0 Å². The first-order valence-electron chi connectivity index (χ1n) is 7.76. The van der Waals surface area contributed by atoms with Crippen LogP contribution in [0, 0.1) is 0 Å². The average molecular weight is 340 g/mol. The molecule has 0 bridgehead atoms. The van der Waals surface area contributed by atoms with Crippen LogP contribution in [-0.2, 0) is 9.59 Å². The Kier molecular flexibility index (Phi) is 6.59. The van der Waals surface area contributed by atoms with Crippen LogP contribution in [0.3, 0.4) is 0 Å². The number of amides is 2. The molecule has 2 amide bonds. The van der Waals surface area contributed by atoms with E-state index in [2.05, 4.69) is 10.6 Å². The van der Waals surface area contributed by atoms with E-state index in [1.807, 2.05) is 18.2 Å². The van der Waals surface area contributed by atoms with E-state index in [-0.39, 0.29) is 30.5 Å². The predicted molar refractivity (Wildman–Crippen MR) is 96.4 cm³/mol. The molecular formula is C19H20N2O4. The Bertz CT molecular complexity index is 757. The lowest BCUT2D eigenvalue weighted by Gasteiger charge is -2.05. The highest BCUT2D eigenvalue weighted by molar-refractivity contribution is 5.93. The second-order valence-corrected chi connectivity index (χ2v) is 5.22. The minimum atomic E-state index is -0.306. The molecule has 0 heterocycles. The summed E-state index contributed by atoms with van der Waals surface area (Å²) >= 11 is 0. The maximum atomic E-state index is 11.8. The summed E-state index contributed by atoms with van der Waals surface area (Å²) in [6.45, 7) is 0.237. The molecule has 2 rings (SSSR count). The van der Waals surface area contributed by atoms with Crippen molar-refractivity contribution in [2.75, 3.05) is 19.0 Å². The Morgan fingerprint density at radius 2 is 1.92 bits per heavy atom. The minimum absolute atomic E-state index is 0.0357. The number of phenolic OH excluding ortho intramolecular Hbond substituents is 1. The molecule has 0 aliphatic carbocycles. The van der Waals surface area contributed by atoms with Crippen LogP contribution in [0.2, 0.25) is 0 Å². The largest absolute Gasteiger partial charge is 0.504 e. The third kappa shape index (κ3) is 6.02. The van der Waals surface area contributed by atoms with Crippen LogP contribution in [0.5, 0.6) is 11.5 Å². The molecule has 0 atom stereocenters. The van der Waals surface area contributed by atoms with Gasteiger partial charge in [-0.25, -0.2) is 0 Å². The lowest BCUT2D eigenvalue weighted by atomic mass is 10.2. The Morgan fingerprint density at radius 3 is 2.64 bits per heavy atom. The molecule has 2 aromatic carbocycles. The summed E-state index contributed by atoms with van der Waals surface area (Å²) in [6.07, 6.45) is 3.14. The van der Waals surface area contributed by atoms with Gasteiger partial charge < -0.3 is 20.5 Å². The van der Waals surface area contributed by atoms with Crippen LogP contribution in [0.25, 0.3) is 6.08 Å². The van der Waals surface area contributed by atoms with E-state index in [1.54, 1.807) is 30.3 Å². The molecule has 0 saturated heterocycles. The maximum Gasteiger partial charge on any atom is 0.244 e. The zero-order chi connectivity index (χ0) is 18.1. The van der Waals surface area contributed by atoms with Crippen molar-refractivity contribution < 1.29 is 19.4 Å². The number of carbonyl (C=O) groups is 2. The van der Waals surface area contributed by atoms with Crippen molar-refractivity contribution in [3.63, 3.8) is 0 Å². The van der Waals surface area contributed by atoms with Crippen LogP contribution >= 0.6 is 0 Å². The molecule has 0 aromatic heterocycles. The fourth-order valence-corrected chi connectivity index (χ4v) is 2.07. The van der Waals surface area contributed by atoms with Gasteiger partial charge in [0, 0.05) is 24.7 Å². The third-order valence-corrected chi connectivity index (χ3v) is 3.34. The summed E-state index contributed by atoms with van der Waals surface area (Å²) < 4.78 is 5.00. The Balaban J connectivity index is 1.76. The molecule has 25 heavy (non-hydrogen) atoms. The van der Waals surface area contributed by atoms with E-state index in [0.29, 0.717) is 11.3 Å². The molecule has 0 fully saturated rings. The standard InChI is InChI=1S/C19H20N2O4/c1-25-17-13-14(7-9-16(17)22)8-10-18(23)20-12-11-19(24)21-15-5-3-2-4-6-15/h2-10,13,22H,11-12H2,1H3,(H,20,23)(H,21,24)/b10-8+. The SMILES string of the molecule is COc1cc(/C=C/C(=O)NCCC(=O)Nc2ccccc2)ccc1O. The number of anilines is 1. The first-order valence-corrected chi connectivity index (χ1v) is 7.76. The molecule has 6 heteroatoms. The van der Waals surface area contributed by atoms with Crippen LogP contribution in [0.15, 0.2) is 54.6 Å². The zero-order valence-corrected chi connectivity index (χ0v) is 13.9. The molecule has 130 valence electrons. The molecule has 2 aromatic rings. The Labute approximate surface area is 146 Å². The summed E-state index contributed by atoms with van der Waals surface area (Å²) in [5, 5.41) is 14.9. The van der Waals surface area contributed by atoms with Gasteiger partial charge in [-0.15, -0.1) is 0 Å². The van der Waals surface area contributed by atoms with E-state index in [9.17, 15) is 14.7 Å². The number of methoxy groups -OCH3 is 1. The van der Waals surface area contributed by atoms with Crippen LogP contribution < -0.4 is 15.4 Å². The molecule has 0 spiro atoms. The highest BCUT2D eigenvalue weighted by Gasteiger charge is 2.04. The molecule has 3 N–H and O–H groups in total. The quantitative estimate of drug-likeness (QED) is 0.676. The van der Waals surface area contributed by atoms with E-state index >= 15 is 0 Å². The second kappa shape index (κ2) is 9.12. The summed E-state index contributed by atoms with van der Waals surface area (Å²) in [5.41, 5.74) is 1.44. The van der Waals surface area contributed by atoms with Gasteiger partial charge in [0.1, 0.15) is 0 Å². The summed E-state index contributed by atoms with van der Waals surface area (Å²) in [7, 11) is 1.45. The molecule has 0 radical (unpaired) electrons. The minimum Gasteiger partial charge on any atom is -0.504 e. The molecule has 6 nitrogen and oxygen atoms in total. The Morgan fingerprint density at radius 1 is 1.16 bits per heavy atom. The fraction of sp³-hybridized carbons (Fsp3) is 0.158. The van der Waals surface area contributed by atoms with E-state index in [0.717, 1.165) is 5.69 Å². The van der Waals surface area contributed by atoms with Crippen molar-refractivity contribution in [3.05, 3.63) is 60.2 Å². The number of rotatable bonds is 7. The monoisotopic (exact) mass is 340 g/mol. The topological polar surface area (TPSA) is 87.7 Å². The van der Waals surface area contributed by atoms with E-state index in [1.165, 1.54) is 19.3 Å². The first-order chi connectivity index (χ1) is 12.1. The lowest BCUT2D eigenvalue weighted by molar-refractivity contribution is -0.117. The lowest BCUT2D eigenvalue weighted by Crippen LogP contribution is -2.26. The third-order valence-electron chi connectivity index (χ3n) is 3.34. The average Bonchev–Trinajstić information content (AvgIpc) is 2.62. The maximum absolute atomic E-state index is 11.8. The zero-order valence-electron chi connectivity index (χ0n) is 13.9. The number of carbonyl (C=O) groups excluding carboxylic acids is 2. The molecular weight excluding hydrogens is 320 g/mol. The number of nitrogens with one attached hydrogen (secondary N) is 2. The molecule has 0 aliphatic heterocycles. The smallest absolute Gasteiger partial charge is 0.244 e. The van der Waals surface area contributed by atoms with Crippen LogP contribution in [0.1, 0.15) is 12.0 Å². The van der Waals surface area contributed by atoms with Gasteiger partial charge in [-0.2, -0.15) is 0 Å². The van der Waals surface area contributed by atoms with Crippen molar-refractivity contribution in [3.8, 4) is 11.5 Å². The molecule has 0 saturated carbocycles. The number of phenols is 1. The highest BCUT2D eigenvalue weighted by atomic mass is 16.5. The Hall–Kier alpha value is -3.28. The number of aromatic hydroxyl groups is 1. The van der Waals surface area contributed by atoms with Crippen molar-refractivity contribution >= 4 is 23.6 Å².